The van der Waals surface area contributed by atoms with Crippen molar-refractivity contribution in [1.29, 1.82) is 0 Å². The molecular weight excluding hydrogens is 374 g/mol. The molecular formula is C25H29N3O2. The fourth-order valence-corrected chi connectivity index (χ4v) is 5.04. The highest BCUT2D eigenvalue weighted by atomic mass is 16.5. The van der Waals surface area contributed by atoms with E-state index in [4.69, 9.17) is 4.74 Å². The number of aromatic nitrogens is 2. The van der Waals surface area contributed by atoms with Crippen molar-refractivity contribution < 1.29 is 9.53 Å². The van der Waals surface area contributed by atoms with Crippen LogP contribution in [-0.4, -0.2) is 33.3 Å². The Balaban J connectivity index is 1.20. The van der Waals surface area contributed by atoms with Gasteiger partial charge in [-0.3, -0.25) is 4.79 Å². The van der Waals surface area contributed by atoms with Gasteiger partial charge in [0.1, 0.15) is 18.0 Å². The molecule has 1 amide bonds. The molecule has 1 saturated carbocycles. The molecule has 1 aliphatic carbocycles. The van der Waals surface area contributed by atoms with Gasteiger partial charge in [-0.1, -0.05) is 25.3 Å². The van der Waals surface area contributed by atoms with Gasteiger partial charge >= 0.3 is 0 Å². The highest BCUT2D eigenvalue weighted by molar-refractivity contribution is 5.94. The third-order valence-corrected chi connectivity index (χ3v) is 6.72. The number of aryl methyl sites for hydroxylation is 1. The van der Waals surface area contributed by atoms with Gasteiger partial charge < -0.3 is 14.0 Å². The third-order valence-electron chi connectivity index (χ3n) is 6.72. The van der Waals surface area contributed by atoms with E-state index in [1.54, 1.807) is 0 Å². The first kappa shape index (κ1) is 19.2. The molecule has 1 aliphatic heterocycles. The van der Waals surface area contributed by atoms with Crippen molar-refractivity contribution in [2.45, 2.75) is 45.6 Å². The maximum Gasteiger partial charge on any atom is 0.253 e. The Morgan fingerprint density at radius 3 is 2.67 bits per heavy atom. The number of likely N-dealkylation sites (tertiary alicyclic amines) is 1. The number of nitrogens with zero attached hydrogens (tertiary/aromatic N) is 3. The number of fused-ring (bicyclic) bond motifs is 2. The molecule has 2 atom stereocenters. The Morgan fingerprint density at radius 2 is 1.83 bits per heavy atom. The Bertz CT molecular complexity index is 1040. The summed E-state index contributed by atoms with van der Waals surface area (Å²) in [7, 11) is 0. The minimum Gasteiger partial charge on any atom is -0.487 e. The summed E-state index contributed by atoms with van der Waals surface area (Å²) in [6, 6.07) is 11.6. The number of hydrogen-bond donors (Lipinski definition) is 0. The van der Waals surface area contributed by atoms with Crippen molar-refractivity contribution in [1.82, 2.24) is 14.3 Å². The van der Waals surface area contributed by atoms with Gasteiger partial charge in [0, 0.05) is 31.0 Å². The molecule has 5 heteroatoms. The minimum absolute atomic E-state index is 0.154. The van der Waals surface area contributed by atoms with Gasteiger partial charge in [-0.05, 0) is 67.5 Å². The molecule has 0 N–H and O–H groups in total. The van der Waals surface area contributed by atoms with Gasteiger partial charge in [-0.2, -0.15) is 0 Å². The lowest BCUT2D eigenvalue weighted by atomic mass is 9.75. The van der Waals surface area contributed by atoms with Crippen molar-refractivity contribution in [2.24, 2.45) is 11.8 Å². The van der Waals surface area contributed by atoms with E-state index in [9.17, 15) is 4.79 Å². The van der Waals surface area contributed by atoms with Crippen LogP contribution in [0.5, 0.6) is 5.75 Å². The highest BCUT2D eigenvalue weighted by Crippen LogP contribution is 2.36. The Hall–Kier alpha value is -2.82. The minimum atomic E-state index is 0.154. The van der Waals surface area contributed by atoms with Crippen molar-refractivity contribution in [3.8, 4) is 5.75 Å². The standard InChI is InChI=1S/C25H29N3O2/c1-18-6-11-24-26-22(16-28(24)14-18)17-30-23-9-7-20(8-10-23)25(29)27-13-12-19-4-2-3-5-21(19)15-27/h6-11,14,16,19,21H,2-5,12-13,15,17H2,1H3/t19-,21-/m0/s1. The van der Waals surface area contributed by atoms with Crippen LogP contribution < -0.4 is 4.74 Å². The first-order valence-corrected chi connectivity index (χ1v) is 11.1. The molecule has 2 aliphatic rings. The van der Waals surface area contributed by atoms with E-state index >= 15 is 0 Å². The van der Waals surface area contributed by atoms with Crippen molar-refractivity contribution >= 4 is 11.6 Å². The predicted molar refractivity (Wildman–Crippen MR) is 117 cm³/mol. The van der Waals surface area contributed by atoms with Crippen LogP contribution in [0.2, 0.25) is 0 Å². The number of carbonyl (C=O) groups is 1. The summed E-state index contributed by atoms with van der Waals surface area (Å²) in [6.07, 6.45) is 10.5. The lowest BCUT2D eigenvalue weighted by Gasteiger charge is -2.41. The van der Waals surface area contributed by atoms with Crippen molar-refractivity contribution in [3.05, 3.63) is 65.6 Å². The number of imidazole rings is 1. The molecule has 0 bridgehead atoms. The number of rotatable bonds is 4. The van der Waals surface area contributed by atoms with Crippen molar-refractivity contribution in [2.75, 3.05) is 13.1 Å². The van der Waals surface area contributed by atoms with Crippen LogP contribution in [0.25, 0.3) is 5.65 Å². The zero-order chi connectivity index (χ0) is 20.5. The molecule has 0 spiro atoms. The summed E-state index contributed by atoms with van der Waals surface area (Å²) in [6.45, 7) is 4.29. The first-order chi connectivity index (χ1) is 14.7. The number of ether oxygens (including phenoxy) is 1. The number of carbonyl (C=O) groups excluding carboxylic acids is 1. The molecule has 156 valence electrons. The smallest absolute Gasteiger partial charge is 0.253 e. The summed E-state index contributed by atoms with van der Waals surface area (Å²) in [5.74, 6) is 2.45. The molecule has 1 saturated heterocycles. The average Bonchev–Trinajstić information content (AvgIpc) is 3.19. The molecule has 0 radical (unpaired) electrons. The number of piperidine rings is 1. The second-order valence-corrected chi connectivity index (χ2v) is 8.86. The van der Waals surface area contributed by atoms with E-state index < -0.39 is 0 Å². The van der Waals surface area contributed by atoms with Gasteiger partial charge in [-0.15, -0.1) is 0 Å². The second kappa shape index (κ2) is 8.13. The van der Waals surface area contributed by atoms with Crippen LogP contribution in [-0.2, 0) is 6.61 Å². The summed E-state index contributed by atoms with van der Waals surface area (Å²) < 4.78 is 7.92. The molecule has 3 heterocycles. The van der Waals surface area contributed by atoms with E-state index in [0.29, 0.717) is 12.5 Å². The van der Waals surface area contributed by atoms with Crippen LogP contribution in [0, 0.1) is 18.8 Å². The van der Waals surface area contributed by atoms with E-state index in [-0.39, 0.29) is 5.91 Å². The molecule has 5 nitrogen and oxygen atoms in total. The Kier molecular flexibility index (Phi) is 5.19. The highest BCUT2D eigenvalue weighted by Gasteiger charge is 2.33. The topological polar surface area (TPSA) is 46.8 Å². The van der Waals surface area contributed by atoms with Crippen LogP contribution in [0.3, 0.4) is 0 Å². The summed E-state index contributed by atoms with van der Waals surface area (Å²) >= 11 is 0. The molecule has 3 aromatic rings. The number of hydrogen-bond acceptors (Lipinski definition) is 3. The van der Waals surface area contributed by atoms with Crippen LogP contribution in [0.4, 0.5) is 0 Å². The normalized spacial score (nSPS) is 21.4. The third kappa shape index (κ3) is 3.93. The number of amides is 1. The van der Waals surface area contributed by atoms with Crippen LogP contribution >= 0.6 is 0 Å². The first-order valence-electron chi connectivity index (χ1n) is 11.1. The molecule has 2 fully saturated rings. The quantitative estimate of drug-likeness (QED) is 0.624. The molecule has 0 unspecified atom stereocenters. The number of benzene rings is 1. The molecule has 5 rings (SSSR count). The lowest BCUT2D eigenvalue weighted by molar-refractivity contribution is 0.0521. The van der Waals surface area contributed by atoms with Crippen LogP contribution in [0.1, 0.15) is 53.7 Å². The maximum atomic E-state index is 13.0. The second-order valence-electron chi connectivity index (χ2n) is 8.86. The van der Waals surface area contributed by atoms with Crippen molar-refractivity contribution in [3.63, 3.8) is 0 Å². The summed E-state index contributed by atoms with van der Waals surface area (Å²) in [4.78, 5) is 19.6. The van der Waals surface area contributed by atoms with Gasteiger partial charge in [-0.25, -0.2) is 4.98 Å². The predicted octanol–water partition coefficient (Wildman–Crippen LogP) is 4.87. The van der Waals surface area contributed by atoms with E-state index in [1.165, 1.54) is 31.2 Å². The van der Waals surface area contributed by atoms with E-state index in [2.05, 4.69) is 29.1 Å². The fraction of sp³-hybridized carbons (Fsp3) is 0.440. The zero-order valence-corrected chi connectivity index (χ0v) is 17.6. The van der Waals surface area contributed by atoms with Crippen LogP contribution in [0.15, 0.2) is 48.8 Å². The molecule has 1 aromatic carbocycles. The van der Waals surface area contributed by atoms with Gasteiger partial charge in [0.15, 0.2) is 0 Å². The largest absolute Gasteiger partial charge is 0.487 e. The zero-order valence-electron chi connectivity index (χ0n) is 17.6. The molecule has 2 aromatic heterocycles. The molecule has 30 heavy (non-hydrogen) atoms. The van der Waals surface area contributed by atoms with Gasteiger partial charge in [0.2, 0.25) is 0 Å². The monoisotopic (exact) mass is 403 g/mol. The lowest BCUT2D eigenvalue weighted by Crippen LogP contribution is -2.44. The SMILES string of the molecule is Cc1ccc2nc(COc3ccc(C(=O)N4CC[C@@H]5CCCC[C@H]5C4)cc3)cn2c1. The Labute approximate surface area is 177 Å². The average molecular weight is 404 g/mol. The van der Waals surface area contributed by atoms with Gasteiger partial charge in [0.05, 0.1) is 5.69 Å². The maximum absolute atomic E-state index is 13.0. The fourth-order valence-electron chi connectivity index (χ4n) is 5.04. The van der Waals surface area contributed by atoms with Gasteiger partial charge in [0.25, 0.3) is 5.91 Å². The Morgan fingerprint density at radius 1 is 1.03 bits per heavy atom. The summed E-state index contributed by atoms with van der Waals surface area (Å²) in [5, 5.41) is 0. The van der Waals surface area contributed by atoms with E-state index in [1.807, 2.05) is 40.9 Å². The summed E-state index contributed by atoms with van der Waals surface area (Å²) in [5.41, 5.74) is 3.75. The number of pyridine rings is 1. The van der Waals surface area contributed by atoms with E-state index in [0.717, 1.165) is 48.1 Å².